The molecule has 2 aliphatic heterocycles. The molecule has 0 spiro atoms. The molecular formula is C22H26ClFN4O4. The summed E-state index contributed by atoms with van der Waals surface area (Å²) in [6, 6.07) is 9.16. The lowest BCUT2D eigenvalue weighted by molar-refractivity contribution is -0.0209. The van der Waals surface area contributed by atoms with Crippen LogP contribution in [0.4, 0.5) is 10.2 Å². The minimum Gasteiger partial charge on any atom is -0.394 e. The van der Waals surface area contributed by atoms with Crippen molar-refractivity contribution in [2.75, 3.05) is 44.2 Å². The van der Waals surface area contributed by atoms with E-state index in [1.807, 2.05) is 18.2 Å². The van der Waals surface area contributed by atoms with E-state index in [4.69, 9.17) is 16.3 Å². The number of ether oxygens (including phenoxy) is 1. The number of nitrogens with one attached hydrogen (secondary N) is 1. The Morgan fingerprint density at radius 2 is 2.00 bits per heavy atom. The minimum absolute atomic E-state index is 0.130. The highest BCUT2D eigenvalue weighted by Gasteiger charge is 2.46. The van der Waals surface area contributed by atoms with Gasteiger partial charge in [-0.25, -0.2) is 9.37 Å². The van der Waals surface area contributed by atoms with Gasteiger partial charge in [-0.3, -0.25) is 9.69 Å². The first-order valence-electron chi connectivity index (χ1n) is 10.6. The lowest BCUT2D eigenvalue weighted by Crippen LogP contribution is -2.57. The van der Waals surface area contributed by atoms with Crippen molar-refractivity contribution in [3.05, 3.63) is 59.0 Å². The molecule has 2 fully saturated rings. The summed E-state index contributed by atoms with van der Waals surface area (Å²) in [6.07, 6.45) is -0.363. The second kappa shape index (κ2) is 10.1. The van der Waals surface area contributed by atoms with Crippen molar-refractivity contribution in [3.8, 4) is 0 Å². The molecule has 0 bridgehead atoms. The minimum atomic E-state index is -0.886. The molecule has 4 rings (SSSR count). The molecule has 0 radical (unpaired) electrons. The van der Waals surface area contributed by atoms with Crippen molar-refractivity contribution in [2.45, 2.75) is 24.4 Å². The average Bonchev–Trinajstić information content (AvgIpc) is 3.15. The van der Waals surface area contributed by atoms with E-state index >= 15 is 0 Å². The summed E-state index contributed by atoms with van der Waals surface area (Å²) in [6.45, 7) is 2.64. The first-order valence-corrected chi connectivity index (χ1v) is 10.9. The van der Waals surface area contributed by atoms with Gasteiger partial charge >= 0.3 is 0 Å². The molecule has 4 unspecified atom stereocenters. The molecule has 0 saturated carbocycles. The van der Waals surface area contributed by atoms with Crippen LogP contribution in [0.5, 0.6) is 0 Å². The van der Waals surface area contributed by atoms with E-state index in [2.05, 4.69) is 20.1 Å². The van der Waals surface area contributed by atoms with Crippen molar-refractivity contribution in [1.29, 1.82) is 0 Å². The quantitative estimate of drug-likeness (QED) is 0.584. The molecule has 2 saturated heterocycles. The molecule has 2 aliphatic rings. The average molecular weight is 465 g/mol. The van der Waals surface area contributed by atoms with Gasteiger partial charge in [0.1, 0.15) is 23.8 Å². The molecule has 8 nitrogen and oxygen atoms in total. The number of nitrogens with zero attached hydrogens (tertiary/aromatic N) is 3. The smallest absolute Gasteiger partial charge is 0.251 e. The normalized spacial score (nSPS) is 26.3. The zero-order chi connectivity index (χ0) is 22.7. The molecule has 2 aromatic rings. The number of carbonyl (C=O) groups is 1. The van der Waals surface area contributed by atoms with E-state index in [-0.39, 0.29) is 29.8 Å². The number of hydrogen-bond acceptors (Lipinski definition) is 7. The number of aliphatic hydroxyl groups is 2. The molecule has 3 heterocycles. The second-order valence-electron chi connectivity index (χ2n) is 7.93. The molecule has 1 aromatic carbocycles. The van der Waals surface area contributed by atoms with Gasteiger partial charge in [0.25, 0.3) is 5.91 Å². The summed E-state index contributed by atoms with van der Waals surface area (Å²) in [5.74, 6) is -0.109. The molecule has 172 valence electrons. The van der Waals surface area contributed by atoms with Gasteiger partial charge < -0.3 is 25.2 Å². The van der Waals surface area contributed by atoms with Crippen molar-refractivity contribution in [3.63, 3.8) is 0 Å². The van der Waals surface area contributed by atoms with Gasteiger partial charge in [-0.15, -0.1) is 0 Å². The number of anilines is 1. The van der Waals surface area contributed by atoms with Gasteiger partial charge in [-0.1, -0.05) is 17.7 Å². The number of hydrogen-bond donors (Lipinski definition) is 3. The number of halogens is 2. The summed E-state index contributed by atoms with van der Waals surface area (Å²) >= 11 is 5.77. The van der Waals surface area contributed by atoms with E-state index in [0.717, 1.165) is 25.0 Å². The van der Waals surface area contributed by atoms with E-state index in [9.17, 15) is 19.4 Å². The maximum atomic E-state index is 13.4. The Labute approximate surface area is 190 Å². The van der Waals surface area contributed by atoms with E-state index in [1.54, 1.807) is 6.20 Å². The Kier molecular flexibility index (Phi) is 7.22. The first kappa shape index (κ1) is 22.9. The summed E-state index contributed by atoms with van der Waals surface area (Å²) in [5, 5.41) is 23.0. The van der Waals surface area contributed by atoms with Crippen LogP contribution in [0, 0.1) is 5.82 Å². The van der Waals surface area contributed by atoms with Gasteiger partial charge in [0, 0.05) is 44.5 Å². The van der Waals surface area contributed by atoms with E-state index in [0.29, 0.717) is 13.1 Å². The van der Waals surface area contributed by atoms with Crippen LogP contribution in [0.25, 0.3) is 0 Å². The van der Waals surface area contributed by atoms with Crippen LogP contribution in [-0.4, -0.2) is 89.7 Å². The molecular weight excluding hydrogens is 439 g/mol. The zero-order valence-electron chi connectivity index (χ0n) is 17.4. The largest absolute Gasteiger partial charge is 0.394 e. The number of benzene rings is 1. The van der Waals surface area contributed by atoms with E-state index < -0.39 is 30.0 Å². The summed E-state index contributed by atoms with van der Waals surface area (Å²) in [4.78, 5) is 21.2. The molecule has 32 heavy (non-hydrogen) atoms. The Hall–Kier alpha value is -2.30. The second-order valence-corrected chi connectivity index (χ2v) is 8.33. The number of pyridine rings is 1. The van der Waals surface area contributed by atoms with Crippen LogP contribution in [0.2, 0.25) is 5.02 Å². The van der Waals surface area contributed by atoms with Crippen molar-refractivity contribution < 1.29 is 24.1 Å². The van der Waals surface area contributed by atoms with Crippen molar-refractivity contribution >= 4 is 23.3 Å². The highest BCUT2D eigenvalue weighted by Crippen LogP contribution is 2.27. The number of aliphatic hydroxyl groups excluding tert-OH is 2. The Bertz CT molecular complexity index is 929. The third-order valence-electron chi connectivity index (χ3n) is 6.00. The monoisotopic (exact) mass is 464 g/mol. The van der Waals surface area contributed by atoms with Crippen LogP contribution in [0.1, 0.15) is 10.4 Å². The van der Waals surface area contributed by atoms with Gasteiger partial charge in [-0.2, -0.15) is 0 Å². The molecule has 1 amide bonds. The van der Waals surface area contributed by atoms with Crippen LogP contribution in [0.3, 0.4) is 0 Å². The summed E-state index contributed by atoms with van der Waals surface area (Å²) in [5.41, 5.74) is 0.231. The number of piperazine rings is 1. The van der Waals surface area contributed by atoms with Gasteiger partial charge in [-0.05, 0) is 30.3 Å². The lowest BCUT2D eigenvalue weighted by Gasteiger charge is -2.40. The molecule has 4 atom stereocenters. The standard InChI is InChI=1S/C22H26ClFN4O4/c23-15-11-14(4-5-16(15)24)22(31)26-12-17-20(21(30)18(13-29)32-17)28-9-7-27(8-10-28)19-3-1-2-6-25-19/h1-6,11,17-18,20-21,29-30H,7-10,12-13H2,(H,26,31). The summed E-state index contributed by atoms with van der Waals surface area (Å²) in [7, 11) is 0. The maximum Gasteiger partial charge on any atom is 0.251 e. The highest BCUT2D eigenvalue weighted by atomic mass is 35.5. The van der Waals surface area contributed by atoms with Crippen LogP contribution in [0.15, 0.2) is 42.6 Å². The Balaban J connectivity index is 1.39. The SMILES string of the molecule is O=C(NCC1OC(CO)C(O)C1N1CCN(c2ccccn2)CC1)c1ccc(F)c(Cl)c1. The molecule has 10 heteroatoms. The van der Waals surface area contributed by atoms with Gasteiger partial charge in [0.2, 0.25) is 0 Å². The topological polar surface area (TPSA) is 98.2 Å². The fraction of sp³-hybridized carbons (Fsp3) is 0.455. The highest BCUT2D eigenvalue weighted by molar-refractivity contribution is 6.31. The number of rotatable bonds is 6. The predicted octanol–water partition coefficient (Wildman–Crippen LogP) is 0.915. The van der Waals surface area contributed by atoms with E-state index in [1.165, 1.54) is 12.1 Å². The maximum absolute atomic E-state index is 13.4. The third kappa shape index (κ3) is 4.87. The van der Waals surface area contributed by atoms with Crippen LogP contribution >= 0.6 is 11.6 Å². The first-order chi connectivity index (χ1) is 15.5. The Morgan fingerprint density at radius 1 is 1.22 bits per heavy atom. The van der Waals surface area contributed by atoms with Gasteiger partial charge in [0.05, 0.1) is 23.8 Å². The fourth-order valence-corrected chi connectivity index (χ4v) is 4.50. The Morgan fingerprint density at radius 3 is 2.66 bits per heavy atom. The molecule has 3 N–H and O–H groups in total. The number of aromatic nitrogens is 1. The molecule has 0 aliphatic carbocycles. The predicted molar refractivity (Wildman–Crippen MR) is 117 cm³/mol. The van der Waals surface area contributed by atoms with Crippen LogP contribution < -0.4 is 10.2 Å². The van der Waals surface area contributed by atoms with Crippen molar-refractivity contribution in [2.24, 2.45) is 0 Å². The fourth-order valence-electron chi connectivity index (χ4n) is 4.32. The number of carbonyl (C=O) groups excluding carboxylic acids is 1. The molecule has 1 aromatic heterocycles. The van der Waals surface area contributed by atoms with Gasteiger partial charge in [0.15, 0.2) is 0 Å². The third-order valence-corrected chi connectivity index (χ3v) is 6.29. The number of amides is 1. The zero-order valence-corrected chi connectivity index (χ0v) is 18.2. The lowest BCUT2D eigenvalue weighted by atomic mass is 10.0. The van der Waals surface area contributed by atoms with Crippen LogP contribution in [-0.2, 0) is 4.74 Å². The van der Waals surface area contributed by atoms with Crippen molar-refractivity contribution in [1.82, 2.24) is 15.2 Å². The summed E-state index contributed by atoms with van der Waals surface area (Å²) < 4.78 is 19.2.